The number of benzene rings is 1. The Morgan fingerprint density at radius 1 is 1.53 bits per heavy atom. The van der Waals surface area contributed by atoms with Crippen LogP contribution in [0.2, 0.25) is 0 Å². The topological polar surface area (TPSA) is 104 Å². The highest BCUT2D eigenvalue weighted by Crippen LogP contribution is 2.24. The molecule has 1 saturated heterocycles. The highest BCUT2D eigenvalue weighted by molar-refractivity contribution is 5.89. The van der Waals surface area contributed by atoms with Gasteiger partial charge in [0.2, 0.25) is 0 Å². The molecule has 0 bridgehead atoms. The second kappa shape index (κ2) is 4.73. The second-order valence-electron chi connectivity index (χ2n) is 3.56. The Kier molecular flexibility index (Phi) is 3.13. The van der Waals surface area contributed by atoms with Crippen LogP contribution in [0.4, 0.5) is 16.2 Å². The average Bonchev–Trinajstić information content (AvgIpc) is 2.72. The van der Waals surface area contributed by atoms with E-state index in [1.807, 2.05) is 0 Å². The van der Waals surface area contributed by atoms with E-state index in [1.54, 1.807) is 24.3 Å². The van der Waals surface area contributed by atoms with E-state index in [4.69, 9.17) is 16.0 Å². The number of hydrogen-bond acceptors (Lipinski definition) is 4. The molecule has 0 unspecified atom stereocenters. The van der Waals surface area contributed by atoms with Crippen LogP contribution < -0.4 is 10.6 Å². The van der Waals surface area contributed by atoms with Crippen LogP contribution in [0.25, 0.3) is 10.4 Å². The summed E-state index contributed by atoms with van der Waals surface area (Å²) in [6.07, 6.45) is -0.670. The molecule has 7 nitrogen and oxygen atoms in total. The summed E-state index contributed by atoms with van der Waals surface area (Å²) in [5, 5.41) is 3.45. The summed E-state index contributed by atoms with van der Waals surface area (Å²) in [6, 6.07) is 6.67. The number of carbonyl (C=O) groups is 1. The molecule has 0 radical (unpaired) electrons. The minimum absolute atomic E-state index is 0.265. The number of cyclic esters (lactones) is 1. The van der Waals surface area contributed by atoms with E-state index in [-0.39, 0.29) is 6.10 Å². The third-order valence-corrected chi connectivity index (χ3v) is 2.46. The van der Waals surface area contributed by atoms with Gasteiger partial charge in [-0.05, 0) is 17.7 Å². The molecule has 1 heterocycles. The van der Waals surface area contributed by atoms with Crippen molar-refractivity contribution in [2.45, 2.75) is 6.10 Å². The number of anilines is 1. The molecule has 1 fully saturated rings. The summed E-state index contributed by atoms with van der Waals surface area (Å²) >= 11 is 0. The fraction of sp³-hybridized carbons (Fsp3) is 0.300. The van der Waals surface area contributed by atoms with Gasteiger partial charge in [-0.3, -0.25) is 4.90 Å². The molecule has 0 spiro atoms. The van der Waals surface area contributed by atoms with Gasteiger partial charge in [-0.2, -0.15) is 0 Å². The van der Waals surface area contributed by atoms with Gasteiger partial charge in [-0.15, -0.1) is 0 Å². The summed E-state index contributed by atoms with van der Waals surface area (Å²) < 4.78 is 5.04. The lowest BCUT2D eigenvalue weighted by Crippen LogP contribution is -2.27. The first-order valence-electron chi connectivity index (χ1n) is 5.08. The molecule has 1 amide bonds. The molecule has 1 aliphatic heterocycles. The first kappa shape index (κ1) is 11.3. The predicted octanol–water partition coefficient (Wildman–Crippen LogP) is 1.91. The van der Waals surface area contributed by atoms with Crippen molar-refractivity contribution in [1.82, 2.24) is 0 Å². The molecule has 1 aliphatic rings. The second-order valence-corrected chi connectivity index (χ2v) is 3.56. The van der Waals surface area contributed by atoms with Crippen molar-refractivity contribution < 1.29 is 9.53 Å². The van der Waals surface area contributed by atoms with Crippen LogP contribution >= 0.6 is 0 Å². The highest BCUT2D eigenvalue weighted by Gasteiger charge is 2.31. The number of ether oxygens (including phenoxy) is 1. The van der Waals surface area contributed by atoms with E-state index in [2.05, 4.69) is 10.0 Å². The van der Waals surface area contributed by atoms with Crippen molar-refractivity contribution in [3.63, 3.8) is 0 Å². The lowest BCUT2D eigenvalue weighted by atomic mass is 10.2. The van der Waals surface area contributed by atoms with Gasteiger partial charge < -0.3 is 10.5 Å². The van der Waals surface area contributed by atoms with Gasteiger partial charge in [-0.1, -0.05) is 17.2 Å². The zero-order chi connectivity index (χ0) is 12.3. The van der Waals surface area contributed by atoms with Crippen molar-refractivity contribution in [1.29, 1.82) is 0 Å². The number of rotatable bonds is 3. The van der Waals surface area contributed by atoms with Crippen LogP contribution in [0.3, 0.4) is 0 Å². The molecule has 0 aliphatic carbocycles. The van der Waals surface area contributed by atoms with E-state index >= 15 is 0 Å². The molecule has 1 aromatic rings. The molecular formula is C10H11N5O2. The number of carbonyl (C=O) groups excluding carboxylic acids is 1. The maximum absolute atomic E-state index is 11.5. The normalized spacial score (nSPS) is 18.8. The van der Waals surface area contributed by atoms with Gasteiger partial charge in [0.1, 0.15) is 6.10 Å². The van der Waals surface area contributed by atoms with Gasteiger partial charge in [0.25, 0.3) is 0 Å². The third-order valence-electron chi connectivity index (χ3n) is 2.46. The number of nitrogens with two attached hydrogens (primary N) is 1. The Hall–Kier alpha value is -2.24. The van der Waals surface area contributed by atoms with E-state index in [1.165, 1.54) is 4.90 Å². The molecule has 88 valence electrons. The molecule has 7 heteroatoms. The Bertz CT molecular complexity index is 466. The molecule has 0 aromatic heterocycles. The first-order chi connectivity index (χ1) is 8.24. The lowest BCUT2D eigenvalue weighted by Gasteiger charge is -2.12. The van der Waals surface area contributed by atoms with Gasteiger partial charge in [0, 0.05) is 22.8 Å². The van der Waals surface area contributed by atoms with Crippen LogP contribution in [0.1, 0.15) is 0 Å². The SMILES string of the molecule is [N-]=[N+]=Nc1ccc(N2C[C@@H](CN)OC2=O)cc1. The Morgan fingerprint density at radius 3 is 2.76 bits per heavy atom. The quantitative estimate of drug-likeness (QED) is 0.489. The number of nitrogens with zero attached hydrogens (tertiary/aromatic N) is 4. The maximum Gasteiger partial charge on any atom is 0.414 e. The van der Waals surface area contributed by atoms with Crippen LogP contribution in [0, 0.1) is 0 Å². The molecule has 0 saturated carbocycles. The van der Waals surface area contributed by atoms with E-state index in [0.29, 0.717) is 24.5 Å². The van der Waals surface area contributed by atoms with Gasteiger partial charge >= 0.3 is 6.09 Å². The van der Waals surface area contributed by atoms with E-state index in [9.17, 15) is 4.79 Å². The fourth-order valence-electron chi connectivity index (χ4n) is 1.61. The highest BCUT2D eigenvalue weighted by atomic mass is 16.6. The summed E-state index contributed by atoms with van der Waals surface area (Å²) in [5.41, 5.74) is 14.9. The summed E-state index contributed by atoms with van der Waals surface area (Å²) in [4.78, 5) is 15.7. The Labute approximate surface area is 97.4 Å². The van der Waals surface area contributed by atoms with Crippen molar-refractivity contribution in [3.8, 4) is 0 Å². The summed E-state index contributed by atoms with van der Waals surface area (Å²) in [6.45, 7) is 0.745. The number of azide groups is 1. The Balaban J connectivity index is 2.17. The number of hydrogen-bond donors (Lipinski definition) is 1. The molecule has 1 atom stereocenters. The van der Waals surface area contributed by atoms with Gasteiger partial charge in [0.15, 0.2) is 0 Å². The van der Waals surface area contributed by atoms with Gasteiger partial charge in [-0.25, -0.2) is 4.79 Å². The molecule has 1 aromatic carbocycles. The maximum atomic E-state index is 11.5. The van der Waals surface area contributed by atoms with Crippen molar-refractivity contribution in [3.05, 3.63) is 34.7 Å². The summed E-state index contributed by atoms with van der Waals surface area (Å²) in [5.74, 6) is 0. The predicted molar refractivity (Wildman–Crippen MR) is 61.9 cm³/mol. The average molecular weight is 233 g/mol. The summed E-state index contributed by atoms with van der Waals surface area (Å²) in [7, 11) is 0. The van der Waals surface area contributed by atoms with Crippen molar-refractivity contribution in [2.75, 3.05) is 18.0 Å². The third kappa shape index (κ3) is 2.30. The van der Waals surface area contributed by atoms with E-state index < -0.39 is 6.09 Å². The first-order valence-corrected chi connectivity index (χ1v) is 5.08. The molecule has 2 N–H and O–H groups in total. The lowest BCUT2D eigenvalue weighted by molar-refractivity contribution is 0.145. The van der Waals surface area contributed by atoms with Crippen LogP contribution in [-0.2, 0) is 4.74 Å². The fourth-order valence-corrected chi connectivity index (χ4v) is 1.61. The van der Waals surface area contributed by atoms with Crippen LogP contribution in [0.15, 0.2) is 29.4 Å². The van der Waals surface area contributed by atoms with Crippen LogP contribution in [0.5, 0.6) is 0 Å². The molecule has 2 rings (SSSR count). The van der Waals surface area contributed by atoms with Crippen molar-refractivity contribution in [2.24, 2.45) is 10.8 Å². The van der Waals surface area contributed by atoms with E-state index in [0.717, 1.165) is 0 Å². The molecular weight excluding hydrogens is 222 g/mol. The smallest absolute Gasteiger partial charge is 0.414 e. The zero-order valence-electron chi connectivity index (χ0n) is 8.98. The standard InChI is InChI=1S/C10H11N5O2/c11-5-9-6-15(10(16)17-9)8-3-1-7(2-4-8)13-14-12/h1-4,9H,5-6,11H2/t9-/m1/s1. The molecule has 17 heavy (non-hydrogen) atoms. The Morgan fingerprint density at radius 2 is 2.24 bits per heavy atom. The van der Waals surface area contributed by atoms with Crippen molar-refractivity contribution >= 4 is 17.5 Å². The van der Waals surface area contributed by atoms with Crippen LogP contribution in [-0.4, -0.2) is 25.3 Å². The van der Waals surface area contributed by atoms with Gasteiger partial charge in [0.05, 0.1) is 6.54 Å². The minimum Gasteiger partial charge on any atom is -0.443 e. The minimum atomic E-state index is -0.406. The largest absolute Gasteiger partial charge is 0.443 e. The number of amides is 1. The zero-order valence-corrected chi connectivity index (χ0v) is 8.98. The monoisotopic (exact) mass is 233 g/mol.